The molecule has 2 fully saturated rings. The fourth-order valence-electron chi connectivity index (χ4n) is 4.71. The molecule has 0 radical (unpaired) electrons. The van der Waals surface area contributed by atoms with Crippen molar-refractivity contribution in [3.05, 3.63) is 65.8 Å². The Bertz CT molecular complexity index is 1130. The lowest BCUT2D eigenvalue weighted by atomic mass is 10.1. The molecule has 2 aromatic carbocycles. The van der Waals surface area contributed by atoms with Gasteiger partial charge < -0.3 is 14.3 Å². The molecule has 1 aromatic heterocycles. The number of aromatic nitrogens is 2. The zero-order valence-corrected chi connectivity index (χ0v) is 20.1. The number of benzene rings is 2. The lowest BCUT2D eigenvalue weighted by molar-refractivity contribution is -0.133. The van der Waals surface area contributed by atoms with Crippen molar-refractivity contribution in [1.29, 1.82) is 0 Å². The molecule has 0 saturated carbocycles. The Hall–Kier alpha value is -3.30. The largest absolute Gasteiger partial charge is 0.368 e. The Morgan fingerprint density at radius 3 is 2.31 bits per heavy atom. The van der Waals surface area contributed by atoms with Crippen molar-refractivity contribution in [3.8, 4) is 11.4 Å². The molecule has 9 heteroatoms. The molecule has 0 atom stereocenters. The van der Waals surface area contributed by atoms with E-state index in [1.54, 1.807) is 12.1 Å². The van der Waals surface area contributed by atoms with Crippen LogP contribution < -0.4 is 4.90 Å². The SMILES string of the molecule is Cc1ccccc1-c1noc(CN2CCN(CC(=O)N3CCN(c4ccc(F)cc4)CC3)CC2)n1. The van der Waals surface area contributed by atoms with Gasteiger partial charge in [-0.1, -0.05) is 29.4 Å². The molecule has 184 valence electrons. The van der Waals surface area contributed by atoms with E-state index in [4.69, 9.17) is 4.52 Å². The van der Waals surface area contributed by atoms with Crippen LogP contribution in [0.5, 0.6) is 0 Å². The second kappa shape index (κ2) is 10.5. The third kappa shape index (κ3) is 5.68. The van der Waals surface area contributed by atoms with Crippen LogP contribution in [0.1, 0.15) is 11.5 Å². The number of rotatable bonds is 6. The third-order valence-corrected chi connectivity index (χ3v) is 6.86. The molecule has 3 aromatic rings. The summed E-state index contributed by atoms with van der Waals surface area (Å²) in [7, 11) is 0. The minimum absolute atomic E-state index is 0.178. The van der Waals surface area contributed by atoms with Gasteiger partial charge in [0.1, 0.15) is 5.82 Å². The first-order valence-corrected chi connectivity index (χ1v) is 12.2. The number of nitrogens with zero attached hydrogens (tertiary/aromatic N) is 6. The summed E-state index contributed by atoms with van der Waals surface area (Å²) in [4.78, 5) is 26.1. The maximum atomic E-state index is 13.2. The number of hydrogen-bond donors (Lipinski definition) is 0. The van der Waals surface area contributed by atoms with Gasteiger partial charge in [0, 0.05) is 63.6 Å². The van der Waals surface area contributed by atoms with Crippen LogP contribution in [-0.4, -0.2) is 89.7 Å². The predicted molar refractivity (Wildman–Crippen MR) is 131 cm³/mol. The van der Waals surface area contributed by atoms with Gasteiger partial charge in [-0.05, 0) is 36.8 Å². The van der Waals surface area contributed by atoms with Crippen LogP contribution in [0, 0.1) is 12.7 Å². The zero-order valence-electron chi connectivity index (χ0n) is 20.1. The number of amides is 1. The molecular weight excluding hydrogens is 447 g/mol. The molecule has 0 spiro atoms. The lowest BCUT2D eigenvalue weighted by Crippen LogP contribution is -2.53. The van der Waals surface area contributed by atoms with Crippen LogP contribution in [-0.2, 0) is 11.3 Å². The molecule has 0 N–H and O–H groups in total. The van der Waals surface area contributed by atoms with Crippen LogP contribution >= 0.6 is 0 Å². The van der Waals surface area contributed by atoms with Gasteiger partial charge in [0.2, 0.25) is 17.6 Å². The first kappa shape index (κ1) is 23.4. The Kier molecular flexibility index (Phi) is 7.06. The van der Waals surface area contributed by atoms with Crippen molar-refractivity contribution in [2.75, 3.05) is 63.8 Å². The zero-order chi connectivity index (χ0) is 24.2. The number of halogens is 1. The van der Waals surface area contributed by atoms with E-state index >= 15 is 0 Å². The van der Waals surface area contributed by atoms with Crippen molar-refractivity contribution < 1.29 is 13.7 Å². The van der Waals surface area contributed by atoms with Crippen LogP contribution in [0.4, 0.5) is 10.1 Å². The number of carbonyl (C=O) groups is 1. The first-order valence-electron chi connectivity index (χ1n) is 12.2. The van der Waals surface area contributed by atoms with Crippen molar-refractivity contribution in [3.63, 3.8) is 0 Å². The maximum absolute atomic E-state index is 13.2. The highest BCUT2D eigenvalue weighted by Crippen LogP contribution is 2.21. The Morgan fingerprint density at radius 1 is 0.914 bits per heavy atom. The summed E-state index contributed by atoms with van der Waals surface area (Å²) in [6.45, 7) is 9.39. The molecule has 8 nitrogen and oxygen atoms in total. The molecule has 1 amide bonds. The van der Waals surface area contributed by atoms with Crippen LogP contribution in [0.15, 0.2) is 53.1 Å². The summed E-state index contributed by atoms with van der Waals surface area (Å²) in [5, 5.41) is 4.15. The van der Waals surface area contributed by atoms with E-state index < -0.39 is 0 Å². The minimum Gasteiger partial charge on any atom is -0.368 e. The fourth-order valence-corrected chi connectivity index (χ4v) is 4.71. The molecule has 0 unspecified atom stereocenters. The van der Waals surface area contributed by atoms with Gasteiger partial charge in [-0.15, -0.1) is 0 Å². The molecular formula is C26H31FN6O2. The van der Waals surface area contributed by atoms with Gasteiger partial charge in [0.05, 0.1) is 13.1 Å². The average molecular weight is 479 g/mol. The Labute approximate surface area is 204 Å². The molecule has 0 aliphatic carbocycles. The molecule has 35 heavy (non-hydrogen) atoms. The molecule has 5 rings (SSSR count). The molecule has 2 aliphatic rings. The quantitative estimate of drug-likeness (QED) is 0.540. The predicted octanol–water partition coefficient (Wildman–Crippen LogP) is 2.65. The van der Waals surface area contributed by atoms with Crippen molar-refractivity contribution >= 4 is 11.6 Å². The molecule has 0 bridgehead atoms. The maximum Gasteiger partial charge on any atom is 0.241 e. The van der Waals surface area contributed by atoms with E-state index in [-0.39, 0.29) is 11.7 Å². The van der Waals surface area contributed by atoms with E-state index in [0.717, 1.165) is 56.1 Å². The second-order valence-electron chi connectivity index (χ2n) is 9.22. The summed E-state index contributed by atoms with van der Waals surface area (Å²) < 4.78 is 18.7. The molecule has 2 saturated heterocycles. The van der Waals surface area contributed by atoms with Crippen LogP contribution in [0.2, 0.25) is 0 Å². The average Bonchev–Trinajstić information content (AvgIpc) is 3.34. The van der Waals surface area contributed by atoms with Crippen molar-refractivity contribution in [1.82, 2.24) is 24.8 Å². The van der Waals surface area contributed by atoms with E-state index in [1.165, 1.54) is 12.1 Å². The topological polar surface area (TPSA) is 69.0 Å². The number of anilines is 1. The minimum atomic E-state index is -0.230. The monoisotopic (exact) mass is 478 g/mol. The smallest absolute Gasteiger partial charge is 0.241 e. The summed E-state index contributed by atoms with van der Waals surface area (Å²) in [5.41, 5.74) is 3.11. The van der Waals surface area contributed by atoms with Gasteiger partial charge in [0.25, 0.3) is 0 Å². The van der Waals surface area contributed by atoms with E-state index in [1.807, 2.05) is 36.1 Å². The molecule has 2 aliphatic heterocycles. The summed E-state index contributed by atoms with van der Waals surface area (Å²) >= 11 is 0. The van der Waals surface area contributed by atoms with Gasteiger partial charge in [0.15, 0.2) is 0 Å². The van der Waals surface area contributed by atoms with E-state index in [2.05, 4.69) is 24.8 Å². The number of hydrogen-bond acceptors (Lipinski definition) is 7. The normalized spacial score (nSPS) is 17.7. The Morgan fingerprint density at radius 2 is 1.60 bits per heavy atom. The first-order chi connectivity index (χ1) is 17.0. The third-order valence-electron chi connectivity index (χ3n) is 6.86. The number of carbonyl (C=O) groups excluding carboxylic acids is 1. The van der Waals surface area contributed by atoms with E-state index in [0.29, 0.717) is 37.9 Å². The summed E-state index contributed by atoms with van der Waals surface area (Å²) in [6.07, 6.45) is 0. The second-order valence-corrected chi connectivity index (χ2v) is 9.22. The van der Waals surface area contributed by atoms with Gasteiger partial charge >= 0.3 is 0 Å². The number of aryl methyl sites for hydroxylation is 1. The highest BCUT2D eigenvalue weighted by atomic mass is 19.1. The highest BCUT2D eigenvalue weighted by Gasteiger charge is 2.25. The fraction of sp³-hybridized carbons (Fsp3) is 0.423. The lowest BCUT2D eigenvalue weighted by Gasteiger charge is -2.38. The van der Waals surface area contributed by atoms with Gasteiger partial charge in [-0.25, -0.2) is 4.39 Å². The summed E-state index contributed by atoms with van der Waals surface area (Å²) in [5.74, 6) is 1.19. The standard InChI is InChI=1S/C26H31FN6O2/c1-20-4-2-3-5-23(20)26-28-24(35-29-26)18-30-10-12-31(13-11-30)19-25(34)33-16-14-32(15-17-33)22-8-6-21(27)7-9-22/h2-9H,10-19H2,1H3. The van der Waals surface area contributed by atoms with Crippen LogP contribution in [0.3, 0.4) is 0 Å². The highest BCUT2D eigenvalue weighted by molar-refractivity contribution is 5.78. The molecule has 3 heterocycles. The Balaban J connectivity index is 1.05. The van der Waals surface area contributed by atoms with Gasteiger partial charge in [-0.3, -0.25) is 14.6 Å². The number of piperazine rings is 2. The van der Waals surface area contributed by atoms with Crippen molar-refractivity contribution in [2.45, 2.75) is 13.5 Å². The van der Waals surface area contributed by atoms with E-state index in [9.17, 15) is 9.18 Å². The van der Waals surface area contributed by atoms with Gasteiger partial charge in [-0.2, -0.15) is 4.98 Å². The van der Waals surface area contributed by atoms with Crippen LogP contribution in [0.25, 0.3) is 11.4 Å². The summed E-state index contributed by atoms with van der Waals surface area (Å²) in [6, 6.07) is 14.6. The van der Waals surface area contributed by atoms with Crippen molar-refractivity contribution in [2.24, 2.45) is 0 Å².